The Labute approximate surface area is 109 Å². The van der Waals surface area contributed by atoms with Gasteiger partial charge in [0.2, 0.25) is 0 Å². The fraction of sp³-hybridized carbons (Fsp3) is 0.571. The van der Waals surface area contributed by atoms with Crippen LogP contribution in [0.25, 0.3) is 0 Å². The van der Waals surface area contributed by atoms with Crippen molar-refractivity contribution in [2.24, 2.45) is 0 Å². The molecule has 0 bridgehead atoms. The number of hydrogen-bond donors (Lipinski definition) is 1. The second kappa shape index (κ2) is 5.28. The summed E-state index contributed by atoms with van der Waals surface area (Å²) >= 11 is 6.31. The number of ether oxygens (including phenoxy) is 1. The molecule has 1 N–H and O–H groups in total. The van der Waals surface area contributed by atoms with Gasteiger partial charge in [-0.3, -0.25) is 0 Å². The molecule has 1 rings (SSSR count). The highest BCUT2D eigenvalue weighted by molar-refractivity contribution is 6.32. The molecule has 0 heterocycles. The van der Waals surface area contributed by atoms with E-state index in [0.29, 0.717) is 0 Å². The maximum absolute atomic E-state index is 6.31. The predicted octanol–water partition coefficient (Wildman–Crippen LogP) is 3.51. The molecule has 0 aliphatic heterocycles. The first-order chi connectivity index (χ1) is 7.82. The number of halogens is 1. The summed E-state index contributed by atoms with van der Waals surface area (Å²) in [5.74, 6) is 0.924. The molecule has 0 saturated heterocycles. The first-order valence-corrected chi connectivity index (χ1v) is 6.21. The molecule has 0 aliphatic carbocycles. The largest absolute Gasteiger partial charge is 0.496 e. The van der Waals surface area contributed by atoms with Crippen LogP contribution in [0.2, 0.25) is 5.02 Å². The van der Waals surface area contributed by atoms with Crippen LogP contribution in [0.4, 0.5) is 0 Å². The number of nitrogens with one attached hydrogen (secondary N) is 1. The summed E-state index contributed by atoms with van der Waals surface area (Å²) in [6, 6.07) is 2.01. The quantitative estimate of drug-likeness (QED) is 0.889. The first kappa shape index (κ1) is 14.3. The zero-order valence-electron chi connectivity index (χ0n) is 11.6. The Bertz CT molecular complexity index is 413. The van der Waals surface area contributed by atoms with Gasteiger partial charge in [0.25, 0.3) is 0 Å². The van der Waals surface area contributed by atoms with Crippen molar-refractivity contribution in [3.05, 3.63) is 27.8 Å². The van der Waals surface area contributed by atoms with E-state index >= 15 is 0 Å². The van der Waals surface area contributed by atoms with Gasteiger partial charge < -0.3 is 10.1 Å². The Morgan fingerprint density at radius 1 is 1.35 bits per heavy atom. The third-order valence-electron chi connectivity index (χ3n) is 3.29. The molecule has 0 saturated carbocycles. The molecule has 96 valence electrons. The van der Waals surface area contributed by atoms with Crippen LogP contribution in [0.15, 0.2) is 6.07 Å². The molecule has 0 aliphatic rings. The molecule has 0 aromatic heterocycles. The van der Waals surface area contributed by atoms with Crippen molar-refractivity contribution in [2.75, 3.05) is 14.2 Å². The maximum atomic E-state index is 6.31. The minimum atomic E-state index is 0.0244. The van der Waals surface area contributed by atoms with Crippen molar-refractivity contribution in [2.45, 2.75) is 39.7 Å². The van der Waals surface area contributed by atoms with Crippen LogP contribution in [0.3, 0.4) is 0 Å². The standard InChI is InChI=1S/C14H22ClNO/c1-9-7-12(17-6)11(10(2)13(9)15)8-14(3,4)16-5/h7,16H,8H2,1-6H3. The first-order valence-electron chi connectivity index (χ1n) is 5.84. The molecule has 0 unspecified atom stereocenters. The molecule has 1 aromatic carbocycles. The maximum Gasteiger partial charge on any atom is 0.122 e. The van der Waals surface area contributed by atoms with Crippen molar-refractivity contribution in [1.29, 1.82) is 0 Å². The lowest BCUT2D eigenvalue weighted by Crippen LogP contribution is -2.38. The third kappa shape index (κ3) is 3.14. The summed E-state index contributed by atoms with van der Waals surface area (Å²) in [5.41, 5.74) is 3.39. The predicted molar refractivity (Wildman–Crippen MR) is 74.3 cm³/mol. The Morgan fingerprint density at radius 3 is 2.41 bits per heavy atom. The summed E-state index contributed by atoms with van der Waals surface area (Å²) in [6.07, 6.45) is 0.887. The zero-order chi connectivity index (χ0) is 13.2. The summed E-state index contributed by atoms with van der Waals surface area (Å²) < 4.78 is 5.47. The average molecular weight is 256 g/mol. The molecule has 1 aromatic rings. The van der Waals surface area contributed by atoms with E-state index in [0.717, 1.165) is 28.3 Å². The van der Waals surface area contributed by atoms with Crippen LogP contribution in [-0.4, -0.2) is 19.7 Å². The molecule has 17 heavy (non-hydrogen) atoms. The monoisotopic (exact) mass is 255 g/mol. The van der Waals surface area contributed by atoms with Crippen molar-refractivity contribution >= 4 is 11.6 Å². The Kier molecular flexibility index (Phi) is 4.45. The number of likely N-dealkylation sites (N-methyl/N-ethyl adjacent to an activating group) is 1. The van der Waals surface area contributed by atoms with Crippen LogP contribution in [0.1, 0.15) is 30.5 Å². The lowest BCUT2D eigenvalue weighted by atomic mass is 9.91. The molecular weight excluding hydrogens is 234 g/mol. The van der Waals surface area contributed by atoms with Crippen LogP contribution in [0, 0.1) is 13.8 Å². The highest BCUT2D eigenvalue weighted by Gasteiger charge is 2.21. The molecular formula is C14H22ClNO. The summed E-state index contributed by atoms with van der Waals surface area (Å²) in [7, 11) is 3.68. The second-order valence-corrected chi connectivity index (χ2v) is 5.50. The van der Waals surface area contributed by atoms with Gasteiger partial charge in [-0.25, -0.2) is 0 Å². The van der Waals surface area contributed by atoms with E-state index in [1.807, 2.05) is 20.0 Å². The number of methoxy groups -OCH3 is 1. The fourth-order valence-electron chi connectivity index (χ4n) is 1.89. The Morgan fingerprint density at radius 2 is 1.94 bits per heavy atom. The minimum absolute atomic E-state index is 0.0244. The van der Waals surface area contributed by atoms with E-state index in [4.69, 9.17) is 16.3 Å². The van der Waals surface area contributed by atoms with E-state index in [2.05, 4.69) is 26.1 Å². The van der Waals surface area contributed by atoms with Gasteiger partial charge in [0, 0.05) is 16.1 Å². The second-order valence-electron chi connectivity index (χ2n) is 5.12. The van der Waals surface area contributed by atoms with Crippen LogP contribution >= 0.6 is 11.6 Å². The zero-order valence-corrected chi connectivity index (χ0v) is 12.3. The van der Waals surface area contributed by atoms with Crippen molar-refractivity contribution in [3.63, 3.8) is 0 Å². The highest BCUT2D eigenvalue weighted by Crippen LogP contribution is 2.33. The molecule has 0 amide bonds. The lowest BCUT2D eigenvalue weighted by molar-refractivity contribution is 0.385. The van der Waals surface area contributed by atoms with E-state index in [1.54, 1.807) is 7.11 Å². The van der Waals surface area contributed by atoms with Crippen molar-refractivity contribution < 1.29 is 4.74 Å². The smallest absolute Gasteiger partial charge is 0.122 e. The number of rotatable bonds is 4. The SMILES string of the molecule is CNC(C)(C)Cc1c(OC)cc(C)c(Cl)c1C. The third-order valence-corrected chi connectivity index (χ3v) is 3.87. The van der Waals surface area contributed by atoms with Gasteiger partial charge in [0.05, 0.1) is 7.11 Å². The fourth-order valence-corrected chi connectivity index (χ4v) is 2.06. The lowest BCUT2D eigenvalue weighted by Gasteiger charge is -2.26. The topological polar surface area (TPSA) is 21.3 Å². The van der Waals surface area contributed by atoms with E-state index < -0.39 is 0 Å². The Hall–Kier alpha value is -0.730. The van der Waals surface area contributed by atoms with Gasteiger partial charge >= 0.3 is 0 Å². The summed E-state index contributed by atoms with van der Waals surface area (Å²) in [4.78, 5) is 0. The van der Waals surface area contributed by atoms with Crippen LogP contribution in [0.5, 0.6) is 5.75 Å². The van der Waals surface area contributed by atoms with E-state index in [1.165, 1.54) is 5.56 Å². The van der Waals surface area contributed by atoms with Crippen molar-refractivity contribution in [1.82, 2.24) is 5.32 Å². The van der Waals surface area contributed by atoms with Gasteiger partial charge in [-0.2, -0.15) is 0 Å². The average Bonchev–Trinajstić information content (AvgIpc) is 2.29. The molecule has 2 nitrogen and oxygen atoms in total. The van der Waals surface area contributed by atoms with Crippen LogP contribution < -0.4 is 10.1 Å². The van der Waals surface area contributed by atoms with Crippen molar-refractivity contribution in [3.8, 4) is 5.75 Å². The van der Waals surface area contributed by atoms with Gasteiger partial charge in [-0.1, -0.05) is 11.6 Å². The molecule has 3 heteroatoms. The minimum Gasteiger partial charge on any atom is -0.496 e. The van der Waals surface area contributed by atoms with Gasteiger partial charge in [-0.05, 0) is 58.4 Å². The van der Waals surface area contributed by atoms with Gasteiger partial charge in [0.15, 0.2) is 0 Å². The molecule has 0 spiro atoms. The molecule has 0 atom stereocenters. The normalized spacial score (nSPS) is 11.7. The number of hydrogen-bond acceptors (Lipinski definition) is 2. The number of benzene rings is 1. The molecule has 0 radical (unpaired) electrons. The summed E-state index contributed by atoms with van der Waals surface area (Å²) in [5, 5.41) is 4.14. The van der Waals surface area contributed by atoms with Crippen LogP contribution in [-0.2, 0) is 6.42 Å². The Balaban J connectivity index is 3.27. The highest BCUT2D eigenvalue weighted by atomic mass is 35.5. The van der Waals surface area contributed by atoms with E-state index in [9.17, 15) is 0 Å². The van der Waals surface area contributed by atoms with E-state index in [-0.39, 0.29) is 5.54 Å². The number of aryl methyl sites for hydroxylation is 1. The van der Waals surface area contributed by atoms with Gasteiger partial charge in [-0.15, -0.1) is 0 Å². The van der Waals surface area contributed by atoms with Gasteiger partial charge in [0.1, 0.15) is 5.75 Å². The summed E-state index contributed by atoms with van der Waals surface area (Å²) in [6.45, 7) is 8.39. The molecule has 0 fully saturated rings.